The number of likely N-dealkylation sites (N-methyl/N-ethyl adjacent to an activating group) is 1. The number of rotatable bonds is 5. The molecule has 1 aromatic carbocycles. The SMILES string of the molecule is CCN1C[C@H](c2ccccc2)CC2(CCN(CCC(=O)NC)CC2)C1. The molecule has 3 rings (SSSR count). The summed E-state index contributed by atoms with van der Waals surface area (Å²) in [5.74, 6) is 0.812. The molecule has 0 unspecified atom stereocenters. The van der Waals surface area contributed by atoms with Crippen molar-refractivity contribution in [1.82, 2.24) is 15.1 Å². The molecule has 2 aliphatic rings. The summed E-state index contributed by atoms with van der Waals surface area (Å²) < 4.78 is 0. The fraction of sp³-hybridized carbons (Fsp3) is 0.667. The van der Waals surface area contributed by atoms with Crippen molar-refractivity contribution >= 4 is 5.91 Å². The quantitative estimate of drug-likeness (QED) is 0.893. The third-order valence-electron chi connectivity index (χ3n) is 6.29. The molecular weight excluding hydrogens is 310 g/mol. The second kappa shape index (κ2) is 8.33. The summed E-state index contributed by atoms with van der Waals surface area (Å²) >= 11 is 0. The highest BCUT2D eigenvalue weighted by Crippen LogP contribution is 2.44. The lowest BCUT2D eigenvalue weighted by molar-refractivity contribution is -0.121. The standard InChI is InChI=1S/C21H33N3O/c1-3-23-16-19(18-7-5-4-6-8-18)15-21(17-23)10-13-24(14-11-21)12-9-20(25)22-2/h4-8,19H,3,9-17H2,1-2H3,(H,22,25)/t19-/m1/s1. The van der Waals surface area contributed by atoms with Gasteiger partial charge in [-0.2, -0.15) is 0 Å². The lowest BCUT2D eigenvalue weighted by Gasteiger charge is -2.50. The summed E-state index contributed by atoms with van der Waals surface area (Å²) in [6.45, 7) is 9.05. The maximum atomic E-state index is 11.5. The van der Waals surface area contributed by atoms with Gasteiger partial charge < -0.3 is 15.1 Å². The molecule has 2 heterocycles. The first kappa shape index (κ1) is 18.4. The molecule has 0 aromatic heterocycles. The first-order valence-electron chi connectivity index (χ1n) is 9.84. The van der Waals surface area contributed by atoms with Crippen LogP contribution in [-0.4, -0.2) is 62.0 Å². The van der Waals surface area contributed by atoms with Crippen LogP contribution in [0, 0.1) is 5.41 Å². The van der Waals surface area contributed by atoms with Crippen LogP contribution < -0.4 is 5.32 Å². The molecule has 2 fully saturated rings. The van der Waals surface area contributed by atoms with Gasteiger partial charge in [0.2, 0.25) is 5.91 Å². The van der Waals surface area contributed by atoms with E-state index in [9.17, 15) is 4.79 Å². The van der Waals surface area contributed by atoms with Gasteiger partial charge in [0.1, 0.15) is 0 Å². The molecule has 2 saturated heterocycles. The predicted molar refractivity (Wildman–Crippen MR) is 103 cm³/mol. The van der Waals surface area contributed by atoms with Gasteiger partial charge in [-0.1, -0.05) is 37.3 Å². The van der Waals surface area contributed by atoms with E-state index in [0.717, 1.165) is 26.2 Å². The Kier molecular flexibility index (Phi) is 6.13. The smallest absolute Gasteiger partial charge is 0.221 e. The Balaban J connectivity index is 1.62. The molecule has 1 atom stereocenters. The van der Waals surface area contributed by atoms with E-state index in [1.54, 1.807) is 7.05 Å². The summed E-state index contributed by atoms with van der Waals surface area (Å²) in [6, 6.07) is 11.1. The normalized spacial score (nSPS) is 24.3. The van der Waals surface area contributed by atoms with Crippen LogP contribution in [0.25, 0.3) is 0 Å². The molecule has 138 valence electrons. The van der Waals surface area contributed by atoms with Gasteiger partial charge in [0.05, 0.1) is 0 Å². The van der Waals surface area contributed by atoms with Crippen molar-refractivity contribution in [1.29, 1.82) is 0 Å². The van der Waals surface area contributed by atoms with Gasteiger partial charge in [-0.15, -0.1) is 0 Å². The van der Waals surface area contributed by atoms with Crippen LogP contribution in [-0.2, 0) is 4.79 Å². The molecule has 25 heavy (non-hydrogen) atoms. The molecule has 1 spiro atoms. The Morgan fingerprint density at radius 3 is 2.56 bits per heavy atom. The molecule has 1 aromatic rings. The molecule has 4 nitrogen and oxygen atoms in total. The molecule has 0 radical (unpaired) electrons. The van der Waals surface area contributed by atoms with Crippen LogP contribution in [0.2, 0.25) is 0 Å². The Labute approximate surface area is 152 Å². The largest absolute Gasteiger partial charge is 0.359 e. The zero-order chi connectivity index (χ0) is 17.7. The van der Waals surface area contributed by atoms with E-state index in [1.807, 2.05) is 0 Å². The number of hydrogen-bond donors (Lipinski definition) is 1. The first-order valence-corrected chi connectivity index (χ1v) is 9.84. The maximum Gasteiger partial charge on any atom is 0.221 e. The number of carbonyl (C=O) groups is 1. The molecular formula is C21H33N3O. The second-order valence-corrected chi connectivity index (χ2v) is 7.90. The van der Waals surface area contributed by atoms with Gasteiger partial charge in [0.25, 0.3) is 0 Å². The number of likely N-dealkylation sites (tertiary alicyclic amines) is 2. The molecule has 2 aliphatic heterocycles. The lowest BCUT2D eigenvalue weighted by Crippen LogP contribution is -2.51. The summed E-state index contributed by atoms with van der Waals surface area (Å²) in [7, 11) is 1.72. The molecule has 1 N–H and O–H groups in total. The summed E-state index contributed by atoms with van der Waals surface area (Å²) in [5.41, 5.74) is 1.96. The number of hydrogen-bond acceptors (Lipinski definition) is 3. The van der Waals surface area contributed by atoms with Crippen molar-refractivity contribution in [3.05, 3.63) is 35.9 Å². The van der Waals surface area contributed by atoms with Crippen molar-refractivity contribution in [2.45, 2.75) is 38.5 Å². The second-order valence-electron chi connectivity index (χ2n) is 7.90. The van der Waals surface area contributed by atoms with Crippen molar-refractivity contribution in [3.63, 3.8) is 0 Å². The predicted octanol–water partition coefficient (Wildman–Crippen LogP) is 2.71. The monoisotopic (exact) mass is 343 g/mol. The van der Waals surface area contributed by atoms with Crippen LogP contribution in [0.4, 0.5) is 0 Å². The first-order chi connectivity index (χ1) is 12.1. The van der Waals surface area contributed by atoms with Gasteiger partial charge in [0.15, 0.2) is 0 Å². The van der Waals surface area contributed by atoms with Crippen LogP contribution in [0.15, 0.2) is 30.3 Å². The molecule has 0 bridgehead atoms. The molecule has 0 saturated carbocycles. The third-order valence-corrected chi connectivity index (χ3v) is 6.29. The van der Waals surface area contributed by atoms with Gasteiger partial charge in [-0.25, -0.2) is 0 Å². The minimum Gasteiger partial charge on any atom is -0.359 e. The van der Waals surface area contributed by atoms with E-state index in [2.05, 4.69) is 52.4 Å². The minimum absolute atomic E-state index is 0.152. The zero-order valence-electron chi connectivity index (χ0n) is 15.8. The minimum atomic E-state index is 0.152. The van der Waals surface area contributed by atoms with Gasteiger partial charge in [-0.05, 0) is 55.8 Å². The molecule has 4 heteroatoms. The highest BCUT2D eigenvalue weighted by Gasteiger charge is 2.41. The average molecular weight is 344 g/mol. The van der Waals surface area contributed by atoms with Gasteiger partial charge in [0, 0.05) is 33.1 Å². The number of piperidine rings is 2. The zero-order valence-corrected chi connectivity index (χ0v) is 15.8. The fourth-order valence-corrected chi connectivity index (χ4v) is 4.69. The van der Waals surface area contributed by atoms with Crippen molar-refractivity contribution in [3.8, 4) is 0 Å². The van der Waals surface area contributed by atoms with E-state index >= 15 is 0 Å². The van der Waals surface area contributed by atoms with Crippen LogP contribution >= 0.6 is 0 Å². The number of nitrogens with one attached hydrogen (secondary N) is 1. The highest BCUT2D eigenvalue weighted by molar-refractivity contribution is 5.75. The van der Waals surface area contributed by atoms with Crippen molar-refractivity contribution in [2.24, 2.45) is 5.41 Å². The summed E-state index contributed by atoms with van der Waals surface area (Å²) in [5, 5.41) is 2.73. The Morgan fingerprint density at radius 1 is 1.20 bits per heavy atom. The van der Waals surface area contributed by atoms with E-state index < -0.39 is 0 Å². The molecule has 1 amide bonds. The van der Waals surface area contributed by atoms with E-state index in [1.165, 1.54) is 37.9 Å². The number of nitrogens with zero attached hydrogens (tertiary/aromatic N) is 2. The van der Waals surface area contributed by atoms with Crippen LogP contribution in [0.5, 0.6) is 0 Å². The van der Waals surface area contributed by atoms with E-state index in [0.29, 0.717) is 17.8 Å². The van der Waals surface area contributed by atoms with E-state index in [4.69, 9.17) is 0 Å². The number of amides is 1. The average Bonchev–Trinajstić information content (AvgIpc) is 2.67. The van der Waals surface area contributed by atoms with E-state index in [-0.39, 0.29) is 5.91 Å². The Morgan fingerprint density at radius 2 is 1.92 bits per heavy atom. The van der Waals surface area contributed by atoms with Gasteiger partial charge in [-0.3, -0.25) is 4.79 Å². The van der Waals surface area contributed by atoms with Crippen molar-refractivity contribution in [2.75, 3.05) is 46.3 Å². The summed E-state index contributed by atoms with van der Waals surface area (Å²) in [6.07, 6.45) is 4.47. The number of carbonyl (C=O) groups excluding carboxylic acids is 1. The molecule has 0 aliphatic carbocycles. The summed E-state index contributed by atoms with van der Waals surface area (Å²) in [4.78, 5) is 16.6. The maximum absolute atomic E-state index is 11.5. The van der Waals surface area contributed by atoms with Crippen LogP contribution in [0.1, 0.15) is 44.1 Å². The Bertz CT molecular complexity index is 552. The Hall–Kier alpha value is -1.39. The topological polar surface area (TPSA) is 35.6 Å². The fourth-order valence-electron chi connectivity index (χ4n) is 4.69. The highest BCUT2D eigenvalue weighted by atomic mass is 16.1. The third kappa shape index (κ3) is 4.62. The van der Waals surface area contributed by atoms with Crippen molar-refractivity contribution < 1.29 is 4.79 Å². The number of benzene rings is 1. The van der Waals surface area contributed by atoms with Gasteiger partial charge >= 0.3 is 0 Å². The van der Waals surface area contributed by atoms with Crippen LogP contribution in [0.3, 0.4) is 0 Å². The lowest BCUT2D eigenvalue weighted by atomic mass is 9.68.